The van der Waals surface area contributed by atoms with E-state index in [4.69, 9.17) is 4.42 Å². The first-order valence-electron chi connectivity index (χ1n) is 5.11. The molecule has 2 aromatic heterocycles. The highest BCUT2D eigenvalue weighted by Gasteiger charge is 2.29. The molecule has 6 heteroatoms. The number of nitrogens with zero attached hydrogens (tertiary/aromatic N) is 2. The third-order valence-corrected chi connectivity index (χ3v) is 3.99. The summed E-state index contributed by atoms with van der Waals surface area (Å²) >= 11 is 5.10. The summed E-state index contributed by atoms with van der Waals surface area (Å²) in [6.45, 7) is 0.717. The molecule has 0 aliphatic heterocycles. The second kappa shape index (κ2) is 4.18. The molecule has 1 N–H and O–H groups in total. The van der Waals surface area contributed by atoms with Crippen LogP contribution >= 0.6 is 27.3 Å². The fraction of sp³-hybridized carbons (Fsp3) is 0.400. The van der Waals surface area contributed by atoms with Crippen LogP contribution in [0.5, 0.6) is 0 Å². The molecule has 2 heterocycles. The largest absolute Gasteiger partial charge is 0.408 e. The molecule has 1 saturated carbocycles. The Labute approximate surface area is 105 Å². The second-order valence-corrected chi connectivity index (χ2v) is 6.12. The zero-order chi connectivity index (χ0) is 11.0. The maximum Gasteiger partial charge on any atom is 0.315 e. The van der Waals surface area contributed by atoms with Gasteiger partial charge in [0.25, 0.3) is 0 Å². The van der Waals surface area contributed by atoms with E-state index in [-0.39, 0.29) is 0 Å². The molecule has 3 rings (SSSR count). The smallest absolute Gasteiger partial charge is 0.315 e. The lowest BCUT2D eigenvalue weighted by molar-refractivity contribution is 0.507. The van der Waals surface area contributed by atoms with E-state index in [9.17, 15) is 0 Å². The average molecular weight is 300 g/mol. The minimum atomic E-state index is 0.512. The maximum absolute atomic E-state index is 5.49. The predicted molar refractivity (Wildman–Crippen MR) is 65.6 cm³/mol. The molecule has 1 fully saturated rings. The van der Waals surface area contributed by atoms with Crippen molar-refractivity contribution in [3.05, 3.63) is 26.7 Å². The molecule has 1 aliphatic rings. The van der Waals surface area contributed by atoms with E-state index in [1.807, 2.05) is 0 Å². The minimum absolute atomic E-state index is 0.512. The summed E-state index contributed by atoms with van der Waals surface area (Å²) in [5.41, 5.74) is 1.21. The number of hydrogen-bond donors (Lipinski definition) is 1. The molecule has 4 nitrogen and oxygen atoms in total. The van der Waals surface area contributed by atoms with Gasteiger partial charge in [0.2, 0.25) is 5.89 Å². The van der Waals surface area contributed by atoms with Crippen molar-refractivity contribution < 1.29 is 4.42 Å². The average Bonchev–Trinajstić information content (AvgIpc) is 2.87. The van der Waals surface area contributed by atoms with Gasteiger partial charge in [-0.25, -0.2) is 0 Å². The monoisotopic (exact) mass is 299 g/mol. The van der Waals surface area contributed by atoms with Crippen LogP contribution in [0.1, 0.15) is 30.2 Å². The Kier molecular flexibility index (Phi) is 2.69. The molecule has 2 aromatic rings. The van der Waals surface area contributed by atoms with Crippen LogP contribution in [0.4, 0.5) is 6.01 Å². The van der Waals surface area contributed by atoms with E-state index in [0.717, 1.165) is 9.68 Å². The quantitative estimate of drug-likeness (QED) is 0.940. The molecule has 0 saturated heterocycles. The van der Waals surface area contributed by atoms with Crippen LogP contribution < -0.4 is 5.32 Å². The van der Waals surface area contributed by atoms with Crippen molar-refractivity contribution in [3.8, 4) is 0 Å². The second-order valence-electron chi connectivity index (χ2n) is 3.83. The summed E-state index contributed by atoms with van der Waals surface area (Å²) < 4.78 is 6.63. The van der Waals surface area contributed by atoms with Crippen LogP contribution in [0.15, 0.2) is 19.6 Å². The van der Waals surface area contributed by atoms with E-state index >= 15 is 0 Å². The van der Waals surface area contributed by atoms with Crippen LogP contribution in [-0.2, 0) is 6.54 Å². The van der Waals surface area contributed by atoms with Gasteiger partial charge in [0, 0.05) is 12.5 Å². The highest BCUT2D eigenvalue weighted by Crippen LogP contribution is 2.39. The normalized spacial score (nSPS) is 15.3. The van der Waals surface area contributed by atoms with Gasteiger partial charge >= 0.3 is 6.01 Å². The molecule has 0 aromatic carbocycles. The van der Waals surface area contributed by atoms with E-state index in [1.165, 1.54) is 18.4 Å². The van der Waals surface area contributed by atoms with Gasteiger partial charge < -0.3 is 9.73 Å². The third kappa shape index (κ3) is 2.27. The van der Waals surface area contributed by atoms with Crippen LogP contribution in [0.3, 0.4) is 0 Å². The summed E-state index contributed by atoms with van der Waals surface area (Å²) in [4.78, 5) is 0. The van der Waals surface area contributed by atoms with Gasteiger partial charge in [-0.15, -0.1) is 16.4 Å². The van der Waals surface area contributed by atoms with Crippen molar-refractivity contribution in [2.24, 2.45) is 0 Å². The molecule has 0 radical (unpaired) electrons. The molecular weight excluding hydrogens is 290 g/mol. The lowest BCUT2D eigenvalue weighted by Gasteiger charge is -1.97. The standard InChI is InChI=1S/C10H10BrN3OS/c11-8-3-6(5-16-8)4-12-10-14-13-9(15-10)7-1-2-7/h3,5,7H,1-2,4H2,(H,12,14). The number of aromatic nitrogens is 2. The number of nitrogens with one attached hydrogen (secondary N) is 1. The summed E-state index contributed by atoms with van der Waals surface area (Å²) in [5, 5.41) is 13.2. The lowest BCUT2D eigenvalue weighted by atomic mass is 10.3. The fourth-order valence-corrected chi connectivity index (χ4v) is 2.63. The molecule has 0 amide bonds. The first kappa shape index (κ1) is 10.3. The van der Waals surface area contributed by atoms with Crippen molar-refractivity contribution >= 4 is 33.3 Å². The van der Waals surface area contributed by atoms with Gasteiger partial charge in [0.05, 0.1) is 3.79 Å². The van der Waals surface area contributed by atoms with E-state index < -0.39 is 0 Å². The molecule has 84 valence electrons. The van der Waals surface area contributed by atoms with Crippen molar-refractivity contribution in [1.82, 2.24) is 10.2 Å². The summed E-state index contributed by atoms with van der Waals surface area (Å²) in [5.74, 6) is 1.28. The topological polar surface area (TPSA) is 51.0 Å². The van der Waals surface area contributed by atoms with Crippen molar-refractivity contribution in [3.63, 3.8) is 0 Å². The highest BCUT2D eigenvalue weighted by atomic mass is 79.9. The molecule has 0 atom stereocenters. The lowest BCUT2D eigenvalue weighted by Crippen LogP contribution is -1.97. The maximum atomic E-state index is 5.49. The number of thiophene rings is 1. The Morgan fingerprint density at radius 1 is 1.50 bits per heavy atom. The number of rotatable bonds is 4. The summed E-state index contributed by atoms with van der Waals surface area (Å²) in [7, 11) is 0. The number of hydrogen-bond acceptors (Lipinski definition) is 5. The zero-order valence-electron chi connectivity index (χ0n) is 8.44. The summed E-state index contributed by atoms with van der Waals surface area (Å²) in [6.07, 6.45) is 2.36. The van der Waals surface area contributed by atoms with Gasteiger partial charge in [-0.3, -0.25) is 0 Å². The van der Waals surface area contributed by atoms with Gasteiger partial charge in [0.1, 0.15) is 0 Å². The Morgan fingerprint density at radius 3 is 3.06 bits per heavy atom. The minimum Gasteiger partial charge on any atom is -0.408 e. The Balaban J connectivity index is 1.61. The van der Waals surface area contributed by atoms with Crippen molar-refractivity contribution in [2.45, 2.75) is 25.3 Å². The Morgan fingerprint density at radius 2 is 2.38 bits per heavy atom. The first-order chi connectivity index (χ1) is 7.81. The highest BCUT2D eigenvalue weighted by molar-refractivity contribution is 9.11. The molecule has 0 spiro atoms. The predicted octanol–water partition coefficient (Wildman–Crippen LogP) is 3.38. The van der Waals surface area contributed by atoms with Crippen molar-refractivity contribution in [1.29, 1.82) is 0 Å². The molecule has 16 heavy (non-hydrogen) atoms. The van der Waals surface area contributed by atoms with E-state index in [1.54, 1.807) is 11.3 Å². The van der Waals surface area contributed by atoms with Gasteiger partial charge in [0.15, 0.2) is 0 Å². The SMILES string of the molecule is Brc1cc(CNc2nnc(C3CC3)o2)cs1. The fourth-order valence-electron chi connectivity index (χ4n) is 1.42. The molecule has 0 bridgehead atoms. The Hall–Kier alpha value is -0.880. The molecular formula is C10H10BrN3OS. The van der Waals surface area contributed by atoms with Crippen LogP contribution in [0, 0.1) is 0 Å². The van der Waals surface area contributed by atoms with E-state index in [2.05, 4.69) is 42.9 Å². The van der Waals surface area contributed by atoms with Gasteiger partial charge in [-0.1, -0.05) is 5.10 Å². The van der Waals surface area contributed by atoms with Crippen LogP contribution in [-0.4, -0.2) is 10.2 Å². The third-order valence-electron chi connectivity index (χ3n) is 2.43. The zero-order valence-corrected chi connectivity index (χ0v) is 10.8. The number of anilines is 1. The van der Waals surface area contributed by atoms with E-state index in [0.29, 0.717) is 18.5 Å². The van der Waals surface area contributed by atoms with Crippen LogP contribution in [0.2, 0.25) is 0 Å². The summed E-state index contributed by atoms with van der Waals surface area (Å²) in [6, 6.07) is 2.60. The van der Waals surface area contributed by atoms with Crippen LogP contribution in [0.25, 0.3) is 0 Å². The number of halogens is 1. The first-order valence-corrected chi connectivity index (χ1v) is 6.79. The van der Waals surface area contributed by atoms with Crippen molar-refractivity contribution in [2.75, 3.05) is 5.32 Å². The Bertz CT molecular complexity index is 492. The van der Waals surface area contributed by atoms with Gasteiger partial charge in [-0.05, 0) is 45.8 Å². The van der Waals surface area contributed by atoms with Gasteiger partial charge in [-0.2, -0.15) is 0 Å². The molecule has 1 aliphatic carbocycles. The molecule has 0 unspecified atom stereocenters.